The molecule has 1 fully saturated rings. The van der Waals surface area contributed by atoms with Gasteiger partial charge in [-0.2, -0.15) is 5.26 Å². The van der Waals surface area contributed by atoms with Crippen molar-refractivity contribution in [2.75, 3.05) is 39.9 Å². The zero-order valence-corrected chi connectivity index (χ0v) is 16.1. The first-order valence-corrected chi connectivity index (χ1v) is 9.44. The summed E-state index contributed by atoms with van der Waals surface area (Å²) in [5.74, 6) is 1.64. The van der Waals surface area contributed by atoms with E-state index in [1.54, 1.807) is 7.11 Å². The summed E-state index contributed by atoms with van der Waals surface area (Å²) < 4.78 is 10.8. The Balaban J connectivity index is 1.47. The van der Waals surface area contributed by atoms with Crippen LogP contribution in [-0.4, -0.2) is 55.6 Å². The summed E-state index contributed by atoms with van der Waals surface area (Å²) in [6.07, 6.45) is 0.356. The lowest BCUT2D eigenvalue weighted by molar-refractivity contribution is -0.133. The Morgan fingerprint density at radius 3 is 2.32 bits per heavy atom. The number of hydrogen-bond acceptors (Lipinski definition) is 5. The molecule has 28 heavy (non-hydrogen) atoms. The van der Waals surface area contributed by atoms with Crippen LogP contribution in [0.1, 0.15) is 18.0 Å². The van der Waals surface area contributed by atoms with Gasteiger partial charge in [-0.3, -0.25) is 9.69 Å². The van der Waals surface area contributed by atoms with Crippen molar-refractivity contribution < 1.29 is 14.3 Å². The molecule has 6 nitrogen and oxygen atoms in total. The van der Waals surface area contributed by atoms with Gasteiger partial charge in [-0.25, -0.2) is 0 Å². The zero-order chi connectivity index (χ0) is 19.8. The number of carbonyl (C=O) groups is 1. The van der Waals surface area contributed by atoms with Crippen molar-refractivity contribution in [2.45, 2.75) is 12.5 Å². The lowest BCUT2D eigenvalue weighted by atomic mass is 10.1. The third-order valence-electron chi connectivity index (χ3n) is 4.91. The predicted molar refractivity (Wildman–Crippen MR) is 106 cm³/mol. The normalized spacial score (nSPS) is 15.5. The molecular weight excluding hydrogens is 354 g/mol. The number of ether oxygens (including phenoxy) is 2. The van der Waals surface area contributed by atoms with E-state index in [0.717, 1.165) is 17.1 Å². The van der Waals surface area contributed by atoms with Gasteiger partial charge in [0.15, 0.2) is 0 Å². The van der Waals surface area contributed by atoms with Crippen LogP contribution in [0.15, 0.2) is 54.6 Å². The lowest BCUT2D eigenvalue weighted by Gasteiger charge is -2.37. The average Bonchev–Trinajstić information content (AvgIpc) is 2.76. The van der Waals surface area contributed by atoms with Crippen LogP contribution in [0.5, 0.6) is 11.5 Å². The molecular formula is C22H25N3O3. The molecule has 2 aromatic rings. The largest absolute Gasteiger partial charge is 0.497 e. The van der Waals surface area contributed by atoms with Gasteiger partial charge in [0, 0.05) is 26.2 Å². The second-order valence-corrected chi connectivity index (χ2v) is 6.63. The summed E-state index contributed by atoms with van der Waals surface area (Å²) in [6, 6.07) is 19.1. The molecule has 2 aromatic carbocycles. The maximum atomic E-state index is 12.4. The van der Waals surface area contributed by atoms with Gasteiger partial charge in [0.2, 0.25) is 5.91 Å². The van der Waals surface area contributed by atoms with Gasteiger partial charge < -0.3 is 14.4 Å². The van der Waals surface area contributed by atoms with Crippen LogP contribution >= 0.6 is 0 Å². The van der Waals surface area contributed by atoms with Crippen LogP contribution in [0.2, 0.25) is 0 Å². The second-order valence-electron chi connectivity index (χ2n) is 6.63. The van der Waals surface area contributed by atoms with E-state index in [9.17, 15) is 10.1 Å². The summed E-state index contributed by atoms with van der Waals surface area (Å²) in [7, 11) is 1.62. The van der Waals surface area contributed by atoms with Crippen molar-refractivity contribution in [3.8, 4) is 17.6 Å². The summed E-state index contributed by atoms with van der Waals surface area (Å²) >= 11 is 0. The molecule has 3 rings (SSSR count). The monoisotopic (exact) mass is 379 g/mol. The Bertz CT molecular complexity index is 794. The van der Waals surface area contributed by atoms with Crippen molar-refractivity contribution >= 4 is 5.91 Å². The van der Waals surface area contributed by atoms with Crippen LogP contribution < -0.4 is 9.47 Å². The van der Waals surface area contributed by atoms with Crippen molar-refractivity contribution in [1.29, 1.82) is 5.26 Å². The van der Waals surface area contributed by atoms with Crippen LogP contribution in [0, 0.1) is 11.3 Å². The molecule has 1 amide bonds. The highest BCUT2D eigenvalue weighted by atomic mass is 16.5. The highest BCUT2D eigenvalue weighted by molar-refractivity contribution is 5.76. The highest BCUT2D eigenvalue weighted by Crippen LogP contribution is 2.24. The quantitative estimate of drug-likeness (QED) is 0.740. The number of methoxy groups -OCH3 is 1. The molecule has 1 saturated heterocycles. The Morgan fingerprint density at radius 1 is 1.04 bits per heavy atom. The van der Waals surface area contributed by atoms with Gasteiger partial charge in [-0.15, -0.1) is 0 Å². The standard InChI is InChI=1S/C22H25N3O3/c1-27-19-9-7-18(8-10-19)21(17-23)24-12-14-25(15-13-24)22(26)11-16-28-20-5-3-2-4-6-20/h2-10,21H,11-16H2,1H3. The highest BCUT2D eigenvalue weighted by Gasteiger charge is 2.27. The number of piperazine rings is 1. The lowest BCUT2D eigenvalue weighted by Crippen LogP contribution is -2.49. The van der Waals surface area contributed by atoms with Gasteiger partial charge >= 0.3 is 0 Å². The minimum Gasteiger partial charge on any atom is -0.497 e. The first-order chi connectivity index (χ1) is 13.7. The molecule has 0 saturated carbocycles. The molecule has 0 aliphatic carbocycles. The SMILES string of the molecule is COc1ccc(C(C#N)N2CCN(C(=O)CCOc3ccccc3)CC2)cc1. The number of nitriles is 1. The smallest absolute Gasteiger partial charge is 0.226 e. The number of amides is 1. The first-order valence-electron chi connectivity index (χ1n) is 9.44. The first kappa shape index (κ1) is 19.7. The minimum atomic E-state index is -0.315. The number of hydrogen-bond donors (Lipinski definition) is 0. The summed E-state index contributed by atoms with van der Waals surface area (Å²) in [5.41, 5.74) is 0.944. The fraction of sp³-hybridized carbons (Fsp3) is 0.364. The fourth-order valence-corrected chi connectivity index (χ4v) is 3.31. The number of carbonyl (C=O) groups excluding carboxylic acids is 1. The molecule has 0 aromatic heterocycles. The van der Waals surface area contributed by atoms with E-state index in [-0.39, 0.29) is 11.9 Å². The summed E-state index contributed by atoms with van der Waals surface area (Å²) in [4.78, 5) is 16.4. The van der Waals surface area contributed by atoms with Gasteiger partial charge in [0.25, 0.3) is 0 Å². The van der Waals surface area contributed by atoms with E-state index >= 15 is 0 Å². The van der Waals surface area contributed by atoms with Gasteiger partial charge in [-0.05, 0) is 29.8 Å². The van der Waals surface area contributed by atoms with E-state index in [2.05, 4.69) is 11.0 Å². The number of nitrogens with zero attached hydrogens (tertiary/aromatic N) is 3. The van der Waals surface area contributed by atoms with Crippen molar-refractivity contribution in [1.82, 2.24) is 9.80 Å². The fourth-order valence-electron chi connectivity index (χ4n) is 3.31. The van der Waals surface area contributed by atoms with Crippen LogP contribution in [0.4, 0.5) is 0 Å². The molecule has 0 radical (unpaired) electrons. The molecule has 0 N–H and O–H groups in total. The Labute approximate surface area is 165 Å². The minimum absolute atomic E-state index is 0.0912. The zero-order valence-electron chi connectivity index (χ0n) is 16.1. The van der Waals surface area contributed by atoms with Gasteiger partial charge in [0.05, 0.1) is 26.2 Å². The third-order valence-corrected chi connectivity index (χ3v) is 4.91. The Kier molecular flexibility index (Phi) is 6.88. The van der Waals surface area contributed by atoms with Crippen molar-refractivity contribution in [3.63, 3.8) is 0 Å². The number of benzene rings is 2. The van der Waals surface area contributed by atoms with Gasteiger partial charge in [0.1, 0.15) is 17.5 Å². The van der Waals surface area contributed by atoms with Crippen molar-refractivity contribution in [2.24, 2.45) is 0 Å². The number of para-hydroxylation sites is 1. The molecule has 1 aliphatic rings. The topological polar surface area (TPSA) is 65.8 Å². The van der Waals surface area contributed by atoms with Gasteiger partial charge in [-0.1, -0.05) is 30.3 Å². The van der Waals surface area contributed by atoms with Crippen LogP contribution in [0.3, 0.4) is 0 Å². The summed E-state index contributed by atoms with van der Waals surface area (Å²) in [5, 5.41) is 9.64. The maximum Gasteiger partial charge on any atom is 0.226 e. The molecule has 1 aliphatic heterocycles. The third kappa shape index (κ3) is 5.02. The molecule has 0 spiro atoms. The average molecular weight is 379 g/mol. The van der Waals surface area contributed by atoms with Crippen molar-refractivity contribution in [3.05, 3.63) is 60.2 Å². The van der Waals surface area contributed by atoms with E-state index in [4.69, 9.17) is 9.47 Å². The number of rotatable bonds is 7. The molecule has 6 heteroatoms. The molecule has 146 valence electrons. The molecule has 0 bridgehead atoms. The maximum absolute atomic E-state index is 12.4. The van der Waals surface area contributed by atoms with E-state index < -0.39 is 0 Å². The molecule has 1 atom stereocenters. The molecule has 1 heterocycles. The predicted octanol–water partition coefficient (Wildman–Crippen LogP) is 2.87. The van der Waals surface area contributed by atoms with Crippen LogP contribution in [0.25, 0.3) is 0 Å². The van der Waals surface area contributed by atoms with E-state index in [1.807, 2.05) is 59.5 Å². The second kappa shape index (κ2) is 9.77. The van der Waals surface area contributed by atoms with Crippen LogP contribution in [-0.2, 0) is 4.79 Å². The Morgan fingerprint density at radius 2 is 1.71 bits per heavy atom. The Hall–Kier alpha value is -3.04. The van der Waals surface area contributed by atoms with E-state index in [0.29, 0.717) is 39.2 Å². The molecule has 1 unspecified atom stereocenters. The summed E-state index contributed by atoms with van der Waals surface area (Å²) in [6.45, 7) is 2.97. The van der Waals surface area contributed by atoms with E-state index in [1.165, 1.54) is 0 Å².